The number of anilines is 1. The topological polar surface area (TPSA) is 69.6 Å². The molecule has 2 amide bonds. The minimum atomic E-state index is -0.271. The van der Waals surface area contributed by atoms with E-state index in [0.29, 0.717) is 12.0 Å². The van der Waals surface area contributed by atoms with E-state index in [0.717, 1.165) is 18.7 Å². The molecule has 102 valence electrons. The predicted molar refractivity (Wildman–Crippen MR) is 72.0 cm³/mol. The van der Waals surface area contributed by atoms with E-state index in [4.69, 9.17) is 5.11 Å². The second kappa shape index (κ2) is 5.84. The van der Waals surface area contributed by atoms with Crippen molar-refractivity contribution in [3.05, 3.63) is 29.8 Å². The normalized spacial score (nSPS) is 16.5. The average molecular weight is 262 g/mol. The Labute approximate surface area is 112 Å². The SMILES string of the molecule is CC(CO)NC(=O)c1ccc(N2CCCC2=O)cc1. The van der Waals surface area contributed by atoms with Crippen molar-refractivity contribution in [2.24, 2.45) is 0 Å². The number of aliphatic hydroxyl groups is 1. The maximum absolute atomic E-state index is 11.8. The van der Waals surface area contributed by atoms with E-state index in [9.17, 15) is 9.59 Å². The van der Waals surface area contributed by atoms with Crippen LogP contribution < -0.4 is 10.2 Å². The van der Waals surface area contributed by atoms with Gasteiger partial charge in [0, 0.05) is 30.3 Å². The number of benzene rings is 1. The minimum absolute atomic E-state index is 0.0912. The molecule has 2 rings (SSSR count). The van der Waals surface area contributed by atoms with E-state index in [1.807, 2.05) is 0 Å². The van der Waals surface area contributed by atoms with Crippen molar-refractivity contribution in [2.45, 2.75) is 25.8 Å². The fourth-order valence-corrected chi connectivity index (χ4v) is 2.07. The summed E-state index contributed by atoms with van der Waals surface area (Å²) in [4.78, 5) is 25.1. The van der Waals surface area contributed by atoms with Crippen LogP contribution in [-0.4, -0.2) is 36.1 Å². The van der Waals surface area contributed by atoms with E-state index >= 15 is 0 Å². The van der Waals surface area contributed by atoms with E-state index in [2.05, 4.69) is 5.32 Å². The van der Waals surface area contributed by atoms with Crippen LogP contribution in [0.5, 0.6) is 0 Å². The van der Waals surface area contributed by atoms with Gasteiger partial charge in [-0.25, -0.2) is 0 Å². The standard InChI is InChI=1S/C14H18N2O3/c1-10(9-17)15-14(19)11-4-6-12(7-5-11)16-8-2-3-13(16)18/h4-7,10,17H,2-3,8-9H2,1H3,(H,15,19). The Morgan fingerprint density at radius 1 is 1.42 bits per heavy atom. The molecule has 1 aliphatic heterocycles. The fourth-order valence-electron chi connectivity index (χ4n) is 2.07. The second-order valence-electron chi connectivity index (χ2n) is 4.75. The molecule has 0 saturated carbocycles. The first-order valence-electron chi connectivity index (χ1n) is 6.44. The molecule has 1 heterocycles. The van der Waals surface area contributed by atoms with Gasteiger partial charge in [0.25, 0.3) is 5.91 Å². The zero-order valence-electron chi connectivity index (χ0n) is 10.9. The summed E-state index contributed by atoms with van der Waals surface area (Å²) in [5.41, 5.74) is 1.35. The highest BCUT2D eigenvalue weighted by atomic mass is 16.3. The number of hydrogen-bond donors (Lipinski definition) is 2. The van der Waals surface area contributed by atoms with Gasteiger partial charge >= 0.3 is 0 Å². The lowest BCUT2D eigenvalue weighted by atomic mass is 10.1. The summed E-state index contributed by atoms with van der Waals surface area (Å²) in [5.74, 6) is -0.0908. The summed E-state index contributed by atoms with van der Waals surface area (Å²) in [6.45, 7) is 2.38. The molecule has 1 saturated heterocycles. The Morgan fingerprint density at radius 2 is 2.11 bits per heavy atom. The van der Waals surface area contributed by atoms with Crippen LogP contribution in [-0.2, 0) is 4.79 Å². The molecule has 1 aromatic rings. The van der Waals surface area contributed by atoms with Crippen LogP contribution in [0.4, 0.5) is 5.69 Å². The van der Waals surface area contributed by atoms with Crippen LogP contribution in [0, 0.1) is 0 Å². The Bertz CT molecular complexity index is 470. The number of carbonyl (C=O) groups excluding carboxylic acids is 2. The summed E-state index contributed by atoms with van der Waals surface area (Å²) in [6, 6.07) is 6.68. The molecule has 2 N–H and O–H groups in total. The van der Waals surface area contributed by atoms with Crippen LogP contribution in [0.15, 0.2) is 24.3 Å². The molecule has 1 atom stereocenters. The van der Waals surface area contributed by atoms with Gasteiger partial charge in [-0.3, -0.25) is 9.59 Å². The van der Waals surface area contributed by atoms with Crippen LogP contribution in [0.3, 0.4) is 0 Å². The van der Waals surface area contributed by atoms with E-state index in [1.165, 1.54) is 0 Å². The molecule has 5 heteroatoms. The van der Waals surface area contributed by atoms with Crippen molar-refractivity contribution < 1.29 is 14.7 Å². The molecule has 0 aromatic heterocycles. The molecule has 1 unspecified atom stereocenters. The Balaban J connectivity index is 2.06. The molecule has 1 fully saturated rings. The zero-order chi connectivity index (χ0) is 13.8. The first kappa shape index (κ1) is 13.5. The quantitative estimate of drug-likeness (QED) is 0.848. The van der Waals surface area contributed by atoms with E-state index in [1.54, 1.807) is 36.1 Å². The number of carbonyl (C=O) groups is 2. The van der Waals surface area contributed by atoms with Gasteiger partial charge in [-0.2, -0.15) is 0 Å². The highest BCUT2D eigenvalue weighted by Crippen LogP contribution is 2.21. The van der Waals surface area contributed by atoms with Crippen LogP contribution in [0.25, 0.3) is 0 Å². The third kappa shape index (κ3) is 3.12. The van der Waals surface area contributed by atoms with Crippen molar-refractivity contribution in [3.63, 3.8) is 0 Å². The minimum Gasteiger partial charge on any atom is -0.394 e. The number of rotatable bonds is 4. The lowest BCUT2D eigenvalue weighted by Crippen LogP contribution is -2.35. The van der Waals surface area contributed by atoms with Gasteiger partial charge in [0.1, 0.15) is 0 Å². The predicted octanol–water partition coefficient (Wildman–Crippen LogP) is 0.924. The number of nitrogens with zero attached hydrogens (tertiary/aromatic N) is 1. The Morgan fingerprint density at radius 3 is 2.63 bits per heavy atom. The average Bonchev–Trinajstić information content (AvgIpc) is 2.85. The van der Waals surface area contributed by atoms with E-state index < -0.39 is 0 Å². The molecular weight excluding hydrogens is 244 g/mol. The molecule has 0 bridgehead atoms. The fraction of sp³-hybridized carbons (Fsp3) is 0.429. The van der Waals surface area contributed by atoms with Gasteiger partial charge in [0.05, 0.1) is 6.61 Å². The Kier molecular flexibility index (Phi) is 4.16. The van der Waals surface area contributed by atoms with Crippen molar-refractivity contribution in [2.75, 3.05) is 18.1 Å². The van der Waals surface area contributed by atoms with Crippen molar-refractivity contribution >= 4 is 17.5 Å². The van der Waals surface area contributed by atoms with Crippen LogP contribution in [0.1, 0.15) is 30.1 Å². The van der Waals surface area contributed by atoms with Gasteiger partial charge < -0.3 is 15.3 Å². The number of hydrogen-bond acceptors (Lipinski definition) is 3. The first-order chi connectivity index (χ1) is 9.11. The molecule has 0 aliphatic carbocycles. The van der Waals surface area contributed by atoms with Gasteiger partial charge in [0.15, 0.2) is 0 Å². The molecule has 1 aliphatic rings. The van der Waals surface area contributed by atoms with Gasteiger partial charge in [-0.15, -0.1) is 0 Å². The summed E-state index contributed by atoms with van der Waals surface area (Å²) in [6.07, 6.45) is 1.48. The summed E-state index contributed by atoms with van der Waals surface area (Å²) in [7, 11) is 0. The zero-order valence-corrected chi connectivity index (χ0v) is 10.9. The first-order valence-corrected chi connectivity index (χ1v) is 6.44. The van der Waals surface area contributed by atoms with Gasteiger partial charge in [0.2, 0.25) is 5.91 Å². The molecule has 0 radical (unpaired) electrons. The third-order valence-electron chi connectivity index (χ3n) is 3.17. The second-order valence-corrected chi connectivity index (χ2v) is 4.75. The number of nitrogens with one attached hydrogen (secondary N) is 1. The number of amides is 2. The lowest BCUT2D eigenvalue weighted by molar-refractivity contribution is -0.117. The summed E-state index contributed by atoms with van der Waals surface area (Å²) in [5, 5.41) is 11.6. The Hall–Kier alpha value is -1.88. The van der Waals surface area contributed by atoms with Gasteiger partial charge in [-0.05, 0) is 37.6 Å². The van der Waals surface area contributed by atoms with Crippen molar-refractivity contribution in [1.82, 2.24) is 5.32 Å². The smallest absolute Gasteiger partial charge is 0.251 e. The van der Waals surface area contributed by atoms with Crippen LogP contribution >= 0.6 is 0 Å². The van der Waals surface area contributed by atoms with Crippen molar-refractivity contribution in [1.29, 1.82) is 0 Å². The molecule has 5 nitrogen and oxygen atoms in total. The highest BCUT2D eigenvalue weighted by molar-refractivity contribution is 5.97. The molecule has 0 spiro atoms. The number of aliphatic hydroxyl groups excluding tert-OH is 1. The largest absolute Gasteiger partial charge is 0.394 e. The molecule has 19 heavy (non-hydrogen) atoms. The monoisotopic (exact) mass is 262 g/mol. The summed E-state index contributed by atoms with van der Waals surface area (Å²) < 4.78 is 0. The maximum atomic E-state index is 11.8. The van der Waals surface area contributed by atoms with Gasteiger partial charge in [-0.1, -0.05) is 0 Å². The maximum Gasteiger partial charge on any atom is 0.251 e. The van der Waals surface area contributed by atoms with Crippen LogP contribution in [0.2, 0.25) is 0 Å². The van der Waals surface area contributed by atoms with E-state index in [-0.39, 0.29) is 24.5 Å². The summed E-state index contributed by atoms with van der Waals surface area (Å²) >= 11 is 0. The van der Waals surface area contributed by atoms with Crippen molar-refractivity contribution in [3.8, 4) is 0 Å². The third-order valence-corrected chi connectivity index (χ3v) is 3.17. The lowest BCUT2D eigenvalue weighted by Gasteiger charge is -2.16. The highest BCUT2D eigenvalue weighted by Gasteiger charge is 2.21. The molecule has 1 aromatic carbocycles. The molecular formula is C14H18N2O3.